The summed E-state index contributed by atoms with van der Waals surface area (Å²) < 4.78 is 2.77. The zero-order valence-corrected chi connectivity index (χ0v) is 26.0. The van der Waals surface area contributed by atoms with E-state index in [4.69, 9.17) is 0 Å². The van der Waals surface area contributed by atoms with Gasteiger partial charge in [0, 0.05) is 37.5 Å². The Bertz CT molecular complexity index is 702. The van der Waals surface area contributed by atoms with Crippen LogP contribution in [0.25, 0.3) is 0 Å². The Kier molecular flexibility index (Phi) is 8.55. The van der Waals surface area contributed by atoms with Crippen LogP contribution >= 0.6 is 0 Å². The number of halogens is 2. The highest BCUT2D eigenvalue weighted by molar-refractivity contribution is 5.25. The topological polar surface area (TPSA) is 0 Å². The highest BCUT2D eigenvalue weighted by atomic mass is 127. The number of likely N-dealkylation sites (tertiary alicyclic amines) is 2. The molecule has 32 heavy (non-hydrogen) atoms. The van der Waals surface area contributed by atoms with Crippen LogP contribution in [-0.4, -0.2) is 61.3 Å². The Labute approximate surface area is 233 Å². The molecule has 0 amide bonds. The zero-order valence-electron chi connectivity index (χ0n) is 21.6. The van der Waals surface area contributed by atoms with Crippen LogP contribution in [0.3, 0.4) is 0 Å². The van der Waals surface area contributed by atoms with Gasteiger partial charge in [-0.05, 0) is 62.7 Å². The third-order valence-corrected chi connectivity index (χ3v) is 11.9. The molecule has 0 aromatic rings. The number of fused-ring (bicyclic) bond motifs is 5. The highest BCUT2D eigenvalue weighted by Crippen LogP contribution is 2.63. The van der Waals surface area contributed by atoms with Gasteiger partial charge in [0.05, 0.1) is 52.4 Å². The molecule has 0 aromatic heterocycles. The van der Waals surface area contributed by atoms with E-state index in [0.717, 1.165) is 23.8 Å². The first kappa shape index (κ1) is 27.7. The van der Waals surface area contributed by atoms with Gasteiger partial charge in [0.1, 0.15) is 0 Å². The molecule has 3 aliphatic carbocycles. The van der Waals surface area contributed by atoms with Gasteiger partial charge in [0.25, 0.3) is 0 Å². The number of hydrogen-bond acceptors (Lipinski definition) is 0. The maximum absolute atomic E-state index is 2.81. The van der Waals surface area contributed by atoms with E-state index in [1.54, 1.807) is 0 Å². The van der Waals surface area contributed by atoms with Crippen LogP contribution in [0.5, 0.6) is 0 Å². The first-order valence-corrected chi connectivity index (χ1v) is 13.7. The summed E-state index contributed by atoms with van der Waals surface area (Å²) in [6, 6.07) is 0.930. The van der Waals surface area contributed by atoms with Crippen LogP contribution in [0.1, 0.15) is 85.5 Å². The summed E-state index contributed by atoms with van der Waals surface area (Å²) in [5, 5.41) is 0. The molecule has 5 aliphatic rings. The fourth-order valence-corrected chi connectivity index (χ4v) is 9.84. The summed E-state index contributed by atoms with van der Waals surface area (Å²) in [5.41, 5.74) is 3.03. The van der Waals surface area contributed by atoms with E-state index < -0.39 is 0 Å². The summed E-state index contributed by atoms with van der Waals surface area (Å²) in [6.07, 6.45) is 16.1. The van der Waals surface area contributed by atoms with E-state index in [1.807, 2.05) is 5.57 Å². The summed E-state index contributed by atoms with van der Waals surface area (Å²) in [7, 11) is 2.53. The second-order valence-corrected chi connectivity index (χ2v) is 13.1. The molecule has 2 nitrogen and oxygen atoms in total. The van der Waals surface area contributed by atoms with Gasteiger partial charge in [-0.2, -0.15) is 0 Å². The van der Waals surface area contributed by atoms with Crippen molar-refractivity contribution in [3.05, 3.63) is 11.6 Å². The Morgan fingerprint density at radius 1 is 0.906 bits per heavy atom. The van der Waals surface area contributed by atoms with Crippen LogP contribution < -0.4 is 48.0 Å². The summed E-state index contributed by atoms with van der Waals surface area (Å²) in [4.78, 5) is 0. The molecule has 4 heteroatoms. The minimum Gasteiger partial charge on any atom is -1.00 e. The number of hydrogen-bond donors (Lipinski definition) is 0. The minimum atomic E-state index is 0. The average molecular weight is 669 g/mol. The van der Waals surface area contributed by atoms with E-state index in [0.29, 0.717) is 10.8 Å². The molecule has 186 valence electrons. The summed E-state index contributed by atoms with van der Waals surface area (Å²) >= 11 is 0. The zero-order chi connectivity index (χ0) is 21.2. The highest BCUT2D eigenvalue weighted by Gasteiger charge is 2.59. The molecule has 2 saturated heterocycles. The van der Waals surface area contributed by atoms with Crippen molar-refractivity contribution in [1.29, 1.82) is 0 Å². The number of piperidine rings is 1. The van der Waals surface area contributed by atoms with Crippen LogP contribution in [0.15, 0.2) is 11.6 Å². The Hall–Kier alpha value is 1.12. The Morgan fingerprint density at radius 2 is 1.62 bits per heavy atom. The van der Waals surface area contributed by atoms with Crippen molar-refractivity contribution in [3.63, 3.8) is 0 Å². The normalized spacial score (nSPS) is 47.1. The van der Waals surface area contributed by atoms with Crippen molar-refractivity contribution in [3.8, 4) is 0 Å². The van der Waals surface area contributed by atoms with Crippen molar-refractivity contribution in [2.75, 3.05) is 46.3 Å². The molecule has 2 aliphatic heterocycles. The third-order valence-electron chi connectivity index (χ3n) is 11.9. The molecule has 0 radical (unpaired) electrons. The molecular weight excluding hydrogens is 618 g/mol. The smallest absolute Gasteiger partial charge is 0.0928 e. The van der Waals surface area contributed by atoms with Crippen molar-refractivity contribution in [1.82, 2.24) is 0 Å². The maximum atomic E-state index is 2.81. The first-order chi connectivity index (χ1) is 14.3. The molecule has 2 saturated carbocycles. The van der Waals surface area contributed by atoms with E-state index in [-0.39, 0.29) is 48.0 Å². The molecule has 1 unspecified atom stereocenters. The summed E-state index contributed by atoms with van der Waals surface area (Å²) in [6.45, 7) is 18.7. The fraction of sp³-hybridized carbons (Fsp3) is 0.929. The van der Waals surface area contributed by atoms with Crippen LogP contribution in [0.2, 0.25) is 0 Å². The van der Waals surface area contributed by atoms with Gasteiger partial charge in [-0.25, -0.2) is 0 Å². The number of rotatable bonds is 3. The van der Waals surface area contributed by atoms with Gasteiger partial charge >= 0.3 is 0 Å². The van der Waals surface area contributed by atoms with Crippen molar-refractivity contribution >= 4 is 0 Å². The summed E-state index contributed by atoms with van der Waals surface area (Å²) in [5.74, 6) is 2.93. The van der Waals surface area contributed by atoms with E-state index in [2.05, 4.69) is 40.8 Å². The maximum Gasteiger partial charge on any atom is 0.0928 e. The van der Waals surface area contributed by atoms with E-state index in [1.165, 1.54) is 106 Å². The SMILES string of the molecule is CC[N+]1(C)CC[C@H]2[C@@H]3CC=C4C[C@@H]([N+]5(CC)CCCC5)CC[C@]4(C)[C@H]3CC[C@]2(C)C1.[I-].[I-]. The van der Waals surface area contributed by atoms with Gasteiger partial charge < -0.3 is 56.9 Å². The lowest BCUT2D eigenvalue weighted by Gasteiger charge is -2.62. The predicted octanol–water partition coefficient (Wildman–Crippen LogP) is 0.0327. The van der Waals surface area contributed by atoms with Gasteiger partial charge in [0.15, 0.2) is 0 Å². The fourth-order valence-electron chi connectivity index (χ4n) is 9.84. The number of nitrogens with zero attached hydrogens (tertiary/aromatic N) is 2. The molecule has 7 atom stereocenters. The lowest BCUT2D eigenvalue weighted by molar-refractivity contribution is -0.939. The molecule has 0 bridgehead atoms. The van der Waals surface area contributed by atoms with Crippen LogP contribution in [0.4, 0.5) is 0 Å². The minimum absolute atomic E-state index is 0. The lowest BCUT2D eigenvalue weighted by Crippen LogP contribution is -3.00. The average Bonchev–Trinajstić information content (AvgIpc) is 3.22. The number of allylic oxidation sites excluding steroid dienone is 1. The monoisotopic (exact) mass is 668 g/mol. The lowest BCUT2D eigenvalue weighted by atomic mass is 9.46. The molecule has 0 N–H and O–H groups in total. The van der Waals surface area contributed by atoms with Crippen molar-refractivity contribution in [2.45, 2.75) is 91.5 Å². The largest absolute Gasteiger partial charge is 1.00 e. The Morgan fingerprint density at radius 3 is 2.28 bits per heavy atom. The van der Waals surface area contributed by atoms with E-state index >= 15 is 0 Å². The van der Waals surface area contributed by atoms with Gasteiger partial charge in [-0.15, -0.1) is 0 Å². The standard InChI is InChI=1S/C28H50N2.2HI/c1-6-29(5)19-14-25-24-11-10-22-20-23(30(7-2)17-8-9-18-30)12-16-28(22,4)26(24)13-15-27(25,3)21-29;;/h10,23-26H,6-9,11-21H2,1-5H3;2*1H/q+2;;/p-2/t23-,24-,25-,26-,27+,28-,29?;;/m0../s1. The molecular formula is C28H50I2N2. The molecule has 5 rings (SSSR count). The second kappa shape index (κ2) is 9.88. The van der Waals surface area contributed by atoms with Crippen LogP contribution in [0, 0.1) is 28.6 Å². The molecule has 4 fully saturated rings. The van der Waals surface area contributed by atoms with Crippen molar-refractivity contribution < 1.29 is 56.9 Å². The van der Waals surface area contributed by atoms with Gasteiger partial charge in [0.2, 0.25) is 0 Å². The number of quaternary nitrogens is 2. The Balaban J connectivity index is 0.00000144. The van der Waals surface area contributed by atoms with Gasteiger partial charge in [-0.1, -0.05) is 25.5 Å². The third kappa shape index (κ3) is 4.29. The second-order valence-electron chi connectivity index (χ2n) is 13.1. The van der Waals surface area contributed by atoms with Crippen molar-refractivity contribution in [2.24, 2.45) is 28.6 Å². The quantitative estimate of drug-likeness (QED) is 0.227. The van der Waals surface area contributed by atoms with Crippen LogP contribution in [-0.2, 0) is 0 Å². The first-order valence-electron chi connectivity index (χ1n) is 13.7. The molecule has 0 spiro atoms. The molecule has 0 aromatic carbocycles. The predicted molar refractivity (Wildman–Crippen MR) is 127 cm³/mol. The van der Waals surface area contributed by atoms with Gasteiger partial charge in [-0.3, -0.25) is 0 Å². The van der Waals surface area contributed by atoms with E-state index in [9.17, 15) is 0 Å². The molecule has 2 heterocycles.